The number of hydrogen-bond donors (Lipinski definition) is 0. The second kappa shape index (κ2) is 12.2. The highest BCUT2D eigenvalue weighted by atomic mass is 16.5. The molecule has 2 heterocycles. The minimum absolute atomic E-state index is 0.169. The average molecular weight is 617 g/mol. The van der Waals surface area contributed by atoms with Crippen LogP contribution in [0.5, 0.6) is 0 Å². The monoisotopic (exact) mass is 616 g/mol. The smallest absolute Gasteiger partial charge is 0.199 e. The van der Waals surface area contributed by atoms with E-state index in [1.54, 1.807) is 12.2 Å². The summed E-state index contributed by atoms with van der Waals surface area (Å²) in [5.41, 5.74) is 5.27. The van der Waals surface area contributed by atoms with Crippen LogP contribution < -0.4 is 10.0 Å². The summed E-state index contributed by atoms with van der Waals surface area (Å²) in [4.78, 5) is 15.5. The van der Waals surface area contributed by atoms with Gasteiger partial charge < -0.3 is 19.5 Å². The molecule has 5 rings (SSSR count). The maximum Gasteiger partial charge on any atom is 0.199 e. The number of anilines is 1. The minimum atomic E-state index is -0.279. The lowest BCUT2D eigenvalue weighted by Gasteiger charge is -2.31. The molecule has 0 spiro atoms. The number of hydrogen-bond acceptors (Lipinski definition) is 5. The fourth-order valence-corrected chi connectivity index (χ4v) is 5.11. The molecule has 0 N–H and O–H groups in total. The van der Waals surface area contributed by atoms with Crippen molar-refractivity contribution in [3.8, 4) is 0 Å². The number of nitrogens with zero attached hydrogens (tertiary/aromatic N) is 2. The van der Waals surface area contributed by atoms with Crippen molar-refractivity contribution in [2.24, 2.45) is 10.8 Å². The van der Waals surface area contributed by atoms with Crippen molar-refractivity contribution in [2.75, 3.05) is 33.1 Å². The van der Waals surface area contributed by atoms with Crippen molar-refractivity contribution in [3.05, 3.63) is 141 Å². The topological polar surface area (TPSA) is 64.8 Å². The van der Waals surface area contributed by atoms with Gasteiger partial charge in [-0.3, -0.25) is 4.79 Å². The Morgan fingerprint density at radius 2 is 1.39 bits per heavy atom. The Morgan fingerprint density at radius 1 is 0.783 bits per heavy atom. The minimum Gasteiger partial charge on any atom is -0.871 e. The van der Waals surface area contributed by atoms with Gasteiger partial charge >= 0.3 is 0 Å². The van der Waals surface area contributed by atoms with Gasteiger partial charge in [-0.25, -0.2) is 4.58 Å². The highest BCUT2D eigenvalue weighted by molar-refractivity contribution is 6.21. The molecule has 0 aromatic heterocycles. The highest BCUT2D eigenvalue weighted by Crippen LogP contribution is 2.39. The van der Waals surface area contributed by atoms with Crippen LogP contribution >= 0.6 is 0 Å². The van der Waals surface area contributed by atoms with Gasteiger partial charge in [0.05, 0.1) is 0 Å². The van der Waals surface area contributed by atoms with E-state index in [1.165, 1.54) is 0 Å². The van der Waals surface area contributed by atoms with Crippen molar-refractivity contribution in [2.45, 2.75) is 41.5 Å². The third-order valence-electron chi connectivity index (χ3n) is 8.05. The Balaban J connectivity index is 1.51. The van der Waals surface area contributed by atoms with Crippen LogP contribution in [0.4, 0.5) is 5.69 Å². The average Bonchev–Trinajstić information content (AvgIpc) is 3.01. The number of ketones is 1. The number of carbonyl (C=O) groups is 1. The molecule has 46 heavy (non-hydrogen) atoms. The Bertz CT molecular complexity index is 1810. The van der Waals surface area contributed by atoms with Crippen molar-refractivity contribution >= 4 is 22.9 Å². The summed E-state index contributed by atoms with van der Waals surface area (Å²) in [6.07, 6.45) is 19.1. The first kappa shape index (κ1) is 32.6. The first-order valence-corrected chi connectivity index (χ1v) is 15.6. The SMILES string of the molecule is CN(C)c1ccc(C2=CC(=CC3=C([O-])C(=CC4=CC(=C5C=CC(=[N+](C)C)C=C5)OC(C(C)(C)C)=C4)C3=O)C=C(C(C)(C)C)O2)cc1. The van der Waals surface area contributed by atoms with E-state index in [-0.39, 0.29) is 33.5 Å². The van der Waals surface area contributed by atoms with Gasteiger partial charge in [-0.1, -0.05) is 47.3 Å². The van der Waals surface area contributed by atoms with Gasteiger partial charge in [-0.05, 0) is 84.0 Å². The van der Waals surface area contributed by atoms with Crippen LogP contribution in [0.15, 0.2) is 136 Å². The van der Waals surface area contributed by atoms with E-state index in [2.05, 4.69) is 41.5 Å². The quantitative estimate of drug-likeness (QED) is 0.267. The van der Waals surface area contributed by atoms with Crippen molar-refractivity contribution in [3.63, 3.8) is 0 Å². The predicted octanol–water partition coefficient (Wildman–Crippen LogP) is 7.08. The number of Topliss-reactive ketones (excluding diaryl/α,β-unsaturated/α-hetero) is 1. The number of allylic oxidation sites excluding steroid dienone is 17. The molecule has 0 saturated heterocycles. The zero-order valence-electron chi connectivity index (χ0n) is 28.6. The van der Waals surface area contributed by atoms with Gasteiger partial charge in [-0.15, -0.1) is 0 Å². The van der Waals surface area contributed by atoms with Crippen LogP contribution in [-0.2, 0) is 14.3 Å². The summed E-state index contributed by atoms with van der Waals surface area (Å²) in [6, 6.07) is 8.10. The fraction of sp³-hybridized carbons (Fsp3) is 0.300. The van der Waals surface area contributed by atoms with Crippen LogP contribution in [0.2, 0.25) is 0 Å². The molecule has 2 aliphatic heterocycles. The van der Waals surface area contributed by atoms with E-state index in [1.807, 2.05) is 111 Å². The van der Waals surface area contributed by atoms with Crippen LogP contribution in [0.1, 0.15) is 47.1 Å². The standard InChI is InChI=1S/C40H44N2O4/c1-39(2,3)35-23-25(21-33(45-35)27-11-15-29(16-12-27)41(7)8)19-31-37(43)32(38(31)44)20-26-22-34(46-36(24-26)40(4,5)6)28-13-17-30(18-14-28)42(9)10/h11-24H,1-10H3. The molecule has 4 aliphatic rings. The molecule has 0 radical (unpaired) electrons. The Kier molecular flexibility index (Phi) is 8.61. The molecule has 0 saturated carbocycles. The lowest BCUT2D eigenvalue weighted by atomic mass is 9.83. The van der Waals surface area contributed by atoms with Crippen molar-refractivity contribution < 1.29 is 24.0 Å². The second-order valence-corrected chi connectivity index (χ2v) is 14.4. The van der Waals surface area contributed by atoms with Crippen LogP contribution in [0.3, 0.4) is 0 Å². The number of carbonyl (C=O) groups excluding carboxylic acids is 1. The molecular formula is C40H44N2O4. The molecule has 0 atom stereocenters. The molecule has 0 amide bonds. The van der Waals surface area contributed by atoms with Crippen LogP contribution in [0, 0.1) is 10.8 Å². The number of rotatable bonds is 4. The molecule has 0 unspecified atom stereocenters. The lowest BCUT2D eigenvalue weighted by Crippen LogP contribution is -2.29. The molecule has 0 bridgehead atoms. The van der Waals surface area contributed by atoms with E-state index < -0.39 is 0 Å². The normalized spacial score (nSPS) is 20.2. The molecule has 1 aromatic carbocycles. The first-order valence-electron chi connectivity index (χ1n) is 15.6. The highest BCUT2D eigenvalue weighted by Gasteiger charge is 2.30. The molecule has 6 heteroatoms. The Hall–Kier alpha value is -4.84. The molecular weight excluding hydrogens is 572 g/mol. The van der Waals surface area contributed by atoms with Gasteiger partial charge in [0.25, 0.3) is 0 Å². The predicted molar refractivity (Wildman–Crippen MR) is 185 cm³/mol. The second-order valence-electron chi connectivity index (χ2n) is 14.4. The number of ether oxygens (including phenoxy) is 2. The Labute approximate surface area is 273 Å². The molecule has 1 aromatic rings. The van der Waals surface area contributed by atoms with E-state index in [9.17, 15) is 9.90 Å². The zero-order valence-corrected chi connectivity index (χ0v) is 28.6. The first-order chi connectivity index (χ1) is 21.5. The maximum absolute atomic E-state index is 13.4. The van der Waals surface area contributed by atoms with Crippen molar-refractivity contribution in [1.82, 2.24) is 0 Å². The van der Waals surface area contributed by atoms with E-state index >= 15 is 0 Å². The molecule has 6 nitrogen and oxygen atoms in total. The third kappa shape index (κ3) is 6.86. The fourth-order valence-electron chi connectivity index (χ4n) is 5.11. The summed E-state index contributed by atoms with van der Waals surface area (Å²) in [5, 5.41) is 13.4. The Morgan fingerprint density at radius 3 is 1.93 bits per heavy atom. The summed E-state index contributed by atoms with van der Waals surface area (Å²) in [6.45, 7) is 12.4. The van der Waals surface area contributed by atoms with Gasteiger partial charge in [0, 0.05) is 65.0 Å². The van der Waals surface area contributed by atoms with E-state index in [0.717, 1.165) is 45.2 Å². The molecule has 238 valence electrons. The van der Waals surface area contributed by atoms with E-state index in [4.69, 9.17) is 9.47 Å². The van der Waals surface area contributed by atoms with Crippen LogP contribution in [0.25, 0.3) is 5.76 Å². The summed E-state index contributed by atoms with van der Waals surface area (Å²) < 4.78 is 14.7. The van der Waals surface area contributed by atoms with Crippen molar-refractivity contribution in [1.29, 1.82) is 0 Å². The molecule has 0 fully saturated rings. The van der Waals surface area contributed by atoms with Gasteiger partial charge in [0.2, 0.25) is 0 Å². The largest absolute Gasteiger partial charge is 0.871 e. The van der Waals surface area contributed by atoms with Gasteiger partial charge in [0.15, 0.2) is 11.5 Å². The van der Waals surface area contributed by atoms with E-state index in [0.29, 0.717) is 11.5 Å². The maximum atomic E-state index is 13.4. The lowest BCUT2D eigenvalue weighted by molar-refractivity contribution is -0.462. The van der Waals surface area contributed by atoms with Gasteiger partial charge in [0.1, 0.15) is 37.1 Å². The summed E-state index contributed by atoms with van der Waals surface area (Å²) in [5.74, 6) is 2.33. The number of benzene rings is 1. The van der Waals surface area contributed by atoms with Crippen LogP contribution in [-0.4, -0.2) is 44.3 Å². The zero-order chi connectivity index (χ0) is 33.6. The third-order valence-corrected chi connectivity index (χ3v) is 8.05. The molecule has 2 aliphatic carbocycles. The van der Waals surface area contributed by atoms with Gasteiger partial charge in [-0.2, -0.15) is 0 Å². The summed E-state index contributed by atoms with van der Waals surface area (Å²) >= 11 is 0. The summed E-state index contributed by atoms with van der Waals surface area (Å²) in [7, 11) is 8.00.